The fourth-order valence-electron chi connectivity index (χ4n) is 9.64. The maximum Gasteiger partial charge on any atom is 0.238 e. The maximum absolute atomic E-state index is 5.25. The summed E-state index contributed by atoms with van der Waals surface area (Å²) in [7, 11) is 0. The Kier molecular flexibility index (Phi) is 7.20. The van der Waals surface area contributed by atoms with Crippen LogP contribution in [0, 0.1) is 0 Å². The molecule has 3 heterocycles. The van der Waals surface area contributed by atoms with Crippen molar-refractivity contribution in [1.82, 2.24) is 24.1 Å². The summed E-state index contributed by atoms with van der Waals surface area (Å²) in [5, 5.41) is 4.83. The van der Waals surface area contributed by atoms with Crippen LogP contribution in [-0.4, -0.2) is 24.1 Å². The molecule has 3 aromatic heterocycles. The Balaban J connectivity index is 1.04. The molecule has 5 heteroatoms. The molecule has 0 saturated heterocycles. The lowest BCUT2D eigenvalue weighted by Gasteiger charge is -2.23. The number of hydrogen-bond acceptors (Lipinski definition) is 3. The molecule has 1 aliphatic rings. The first-order valence-electron chi connectivity index (χ1n) is 20.2. The second-order valence-electron chi connectivity index (χ2n) is 16.1. The smallest absolute Gasteiger partial charge is 0.238 e. The van der Waals surface area contributed by atoms with Crippen LogP contribution in [0.15, 0.2) is 188 Å². The Morgan fingerprint density at radius 3 is 1.51 bits per heavy atom. The van der Waals surface area contributed by atoms with Crippen LogP contribution >= 0.6 is 0 Å². The minimum atomic E-state index is -0.165. The van der Waals surface area contributed by atoms with Crippen LogP contribution in [0.2, 0.25) is 0 Å². The van der Waals surface area contributed by atoms with E-state index in [2.05, 4.69) is 205 Å². The molecule has 0 aliphatic heterocycles. The highest BCUT2D eigenvalue weighted by molar-refractivity contribution is 6.13. The fraction of sp³-hybridized carbons (Fsp3) is 0.0556. The number of rotatable bonds is 5. The molecule has 0 amide bonds. The molecular weight excluding hydrogens is 719 g/mol. The lowest BCUT2D eigenvalue weighted by molar-refractivity contribution is 0.664. The predicted molar refractivity (Wildman–Crippen MR) is 242 cm³/mol. The number of aromatic nitrogens is 5. The van der Waals surface area contributed by atoms with E-state index in [4.69, 9.17) is 15.0 Å². The molecule has 0 bridgehead atoms. The average molecular weight is 756 g/mol. The molecule has 0 unspecified atom stereocenters. The first-order valence-corrected chi connectivity index (χ1v) is 20.2. The molecule has 12 rings (SSSR count). The third kappa shape index (κ3) is 5.01. The summed E-state index contributed by atoms with van der Waals surface area (Å²) in [6, 6.07) is 66.9. The van der Waals surface area contributed by atoms with Gasteiger partial charge in [0, 0.05) is 43.8 Å². The second-order valence-corrected chi connectivity index (χ2v) is 16.1. The first kappa shape index (κ1) is 33.5. The van der Waals surface area contributed by atoms with E-state index in [1.807, 2.05) is 6.07 Å². The van der Waals surface area contributed by atoms with Crippen LogP contribution in [0.1, 0.15) is 25.0 Å². The van der Waals surface area contributed by atoms with Crippen molar-refractivity contribution in [2.24, 2.45) is 0 Å². The van der Waals surface area contributed by atoms with E-state index < -0.39 is 0 Å². The molecule has 278 valence electrons. The van der Waals surface area contributed by atoms with Crippen molar-refractivity contribution >= 4 is 43.6 Å². The van der Waals surface area contributed by atoms with E-state index in [0.29, 0.717) is 17.6 Å². The van der Waals surface area contributed by atoms with E-state index in [0.717, 1.165) is 44.2 Å². The molecule has 0 N–H and O–H groups in total. The van der Waals surface area contributed by atoms with Crippen molar-refractivity contribution in [2.75, 3.05) is 0 Å². The van der Waals surface area contributed by atoms with Crippen LogP contribution < -0.4 is 0 Å². The van der Waals surface area contributed by atoms with Crippen LogP contribution in [0.5, 0.6) is 0 Å². The van der Waals surface area contributed by atoms with Gasteiger partial charge in [-0.1, -0.05) is 159 Å². The summed E-state index contributed by atoms with van der Waals surface area (Å²) < 4.78 is 4.63. The van der Waals surface area contributed by atoms with Crippen molar-refractivity contribution in [3.63, 3.8) is 0 Å². The minimum Gasteiger partial charge on any atom is -0.309 e. The summed E-state index contributed by atoms with van der Waals surface area (Å²) in [4.78, 5) is 15.6. The molecule has 0 saturated carbocycles. The average Bonchev–Trinajstić information content (AvgIpc) is 3.90. The summed E-state index contributed by atoms with van der Waals surface area (Å²) in [6.45, 7) is 4.73. The highest BCUT2D eigenvalue weighted by Crippen LogP contribution is 2.53. The van der Waals surface area contributed by atoms with E-state index in [-0.39, 0.29) is 5.41 Å². The molecule has 0 spiro atoms. The third-order valence-electron chi connectivity index (χ3n) is 12.4. The number of para-hydroxylation sites is 3. The van der Waals surface area contributed by atoms with Crippen molar-refractivity contribution in [3.8, 4) is 56.7 Å². The SMILES string of the molecule is CC1(C)c2ccccc2-c2ccc3c4ccccc4n(-c4ccc(-c5nc(-c6ccc(-c7ccccc7)cc6)nc(-n6c7ccccc7c7ccccc76)n5)cc4)c3c21. The van der Waals surface area contributed by atoms with Crippen LogP contribution in [0.3, 0.4) is 0 Å². The lowest BCUT2D eigenvalue weighted by atomic mass is 9.81. The highest BCUT2D eigenvalue weighted by Gasteiger charge is 2.38. The van der Waals surface area contributed by atoms with Gasteiger partial charge in [-0.3, -0.25) is 4.57 Å². The van der Waals surface area contributed by atoms with Crippen molar-refractivity contribution in [1.29, 1.82) is 0 Å². The highest BCUT2D eigenvalue weighted by atomic mass is 15.2. The number of nitrogens with zero attached hydrogens (tertiary/aromatic N) is 5. The summed E-state index contributed by atoms with van der Waals surface area (Å²) >= 11 is 0. The van der Waals surface area contributed by atoms with Crippen LogP contribution in [-0.2, 0) is 5.41 Å². The monoisotopic (exact) mass is 755 g/mol. The van der Waals surface area contributed by atoms with Gasteiger partial charge in [0.2, 0.25) is 5.95 Å². The van der Waals surface area contributed by atoms with Crippen molar-refractivity contribution in [2.45, 2.75) is 19.3 Å². The quantitative estimate of drug-likeness (QED) is 0.176. The van der Waals surface area contributed by atoms with Gasteiger partial charge in [0.1, 0.15) is 0 Å². The van der Waals surface area contributed by atoms with E-state index in [9.17, 15) is 0 Å². The zero-order valence-electron chi connectivity index (χ0n) is 32.6. The maximum atomic E-state index is 5.25. The normalized spacial score (nSPS) is 13.1. The van der Waals surface area contributed by atoms with Gasteiger partial charge < -0.3 is 4.57 Å². The Morgan fingerprint density at radius 1 is 0.373 bits per heavy atom. The number of fused-ring (bicyclic) bond motifs is 10. The minimum absolute atomic E-state index is 0.165. The molecule has 0 atom stereocenters. The standard InChI is InChI=1S/C54H37N5/c1-54(2)45-20-10-6-16-39(45)43-32-33-44-42-19-9-11-21-46(42)58(50(44)49(43)54)38-30-28-37(29-31-38)52-55-51(36-26-24-35(25-27-36)34-14-4-3-5-15-34)56-53(57-52)59-47-22-12-7-17-40(47)41-18-8-13-23-48(41)59/h3-33H,1-2H3. The van der Waals surface area contributed by atoms with E-state index in [1.54, 1.807) is 0 Å². The number of benzene rings is 8. The van der Waals surface area contributed by atoms with Crippen LogP contribution in [0.25, 0.3) is 100 Å². The molecule has 59 heavy (non-hydrogen) atoms. The third-order valence-corrected chi connectivity index (χ3v) is 12.4. The summed E-state index contributed by atoms with van der Waals surface area (Å²) in [5.41, 5.74) is 15.0. The molecule has 1 aliphatic carbocycles. The molecule has 0 radical (unpaired) electrons. The first-order chi connectivity index (χ1) is 29.0. The van der Waals surface area contributed by atoms with Gasteiger partial charge >= 0.3 is 0 Å². The van der Waals surface area contributed by atoms with Gasteiger partial charge in [0.15, 0.2) is 11.6 Å². The fourth-order valence-corrected chi connectivity index (χ4v) is 9.64. The molecule has 11 aromatic rings. The lowest BCUT2D eigenvalue weighted by Crippen LogP contribution is -2.16. The second kappa shape index (κ2) is 12.7. The Hall–Kier alpha value is -7.63. The van der Waals surface area contributed by atoms with Gasteiger partial charge in [-0.2, -0.15) is 9.97 Å². The Labute approximate surface area is 341 Å². The topological polar surface area (TPSA) is 48.5 Å². The zero-order chi connectivity index (χ0) is 39.2. The molecular formula is C54H37N5. The van der Waals surface area contributed by atoms with Crippen LogP contribution in [0.4, 0.5) is 0 Å². The predicted octanol–water partition coefficient (Wildman–Crippen LogP) is 13.4. The van der Waals surface area contributed by atoms with E-state index in [1.165, 1.54) is 49.6 Å². The van der Waals surface area contributed by atoms with E-state index >= 15 is 0 Å². The number of hydrogen-bond donors (Lipinski definition) is 0. The summed E-state index contributed by atoms with van der Waals surface area (Å²) in [6.07, 6.45) is 0. The molecule has 8 aromatic carbocycles. The zero-order valence-corrected chi connectivity index (χ0v) is 32.6. The molecule has 5 nitrogen and oxygen atoms in total. The Morgan fingerprint density at radius 2 is 0.864 bits per heavy atom. The van der Waals surface area contributed by atoms with Gasteiger partial charge in [0.05, 0.1) is 22.1 Å². The largest absolute Gasteiger partial charge is 0.309 e. The van der Waals surface area contributed by atoms with Gasteiger partial charge in [-0.15, -0.1) is 0 Å². The molecule has 0 fully saturated rings. The van der Waals surface area contributed by atoms with Gasteiger partial charge in [0.25, 0.3) is 0 Å². The van der Waals surface area contributed by atoms with Crippen molar-refractivity contribution < 1.29 is 0 Å². The van der Waals surface area contributed by atoms with Crippen molar-refractivity contribution in [3.05, 3.63) is 199 Å². The summed E-state index contributed by atoms with van der Waals surface area (Å²) in [5.74, 6) is 1.82. The van der Waals surface area contributed by atoms with Gasteiger partial charge in [-0.05, 0) is 75.8 Å². The Bertz CT molecular complexity index is 3390. The van der Waals surface area contributed by atoms with Gasteiger partial charge in [-0.25, -0.2) is 4.98 Å².